The zero-order valence-corrected chi connectivity index (χ0v) is 13.9. The molecule has 0 saturated carbocycles. The minimum atomic E-state index is -0.0889. The van der Waals surface area contributed by atoms with Crippen molar-refractivity contribution < 1.29 is 5.11 Å². The van der Waals surface area contributed by atoms with Gasteiger partial charge in [0, 0.05) is 16.3 Å². The monoisotopic (exact) mass is 353 g/mol. The fraction of sp³-hybridized carbons (Fsp3) is 0.0667. The first-order valence-corrected chi connectivity index (χ1v) is 7.47. The normalized spacial score (nSPS) is 10.7. The Morgan fingerprint density at radius 3 is 2.59 bits per heavy atom. The van der Waals surface area contributed by atoms with Crippen LogP contribution in [0.2, 0.25) is 10.0 Å². The molecule has 22 heavy (non-hydrogen) atoms. The lowest BCUT2D eigenvalue weighted by Gasteiger charge is -2.07. The molecule has 2 aromatic rings. The summed E-state index contributed by atoms with van der Waals surface area (Å²) in [5, 5.41) is 17.6. The summed E-state index contributed by atoms with van der Waals surface area (Å²) in [6.45, 7) is 2.01. The molecule has 0 spiro atoms. The van der Waals surface area contributed by atoms with Gasteiger partial charge in [0.1, 0.15) is 5.75 Å². The number of nitrogens with one attached hydrogen (secondary N) is 2. The number of hydrogen-bond acceptors (Lipinski definition) is 3. The molecular weight excluding hydrogens is 341 g/mol. The summed E-state index contributed by atoms with van der Waals surface area (Å²) >= 11 is 16.8. The zero-order valence-electron chi connectivity index (χ0n) is 11.6. The van der Waals surface area contributed by atoms with Crippen molar-refractivity contribution in [2.75, 3.05) is 5.32 Å². The van der Waals surface area contributed by atoms with Gasteiger partial charge in [0.25, 0.3) is 0 Å². The highest BCUT2D eigenvalue weighted by molar-refractivity contribution is 7.80. The first-order chi connectivity index (χ1) is 10.5. The van der Waals surface area contributed by atoms with Crippen LogP contribution in [-0.2, 0) is 0 Å². The third kappa shape index (κ3) is 4.59. The quantitative estimate of drug-likeness (QED) is 0.436. The number of nitrogens with zero attached hydrogens (tertiary/aromatic N) is 1. The Morgan fingerprint density at radius 1 is 1.23 bits per heavy atom. The number of anilines is 1. The molecule has 0 aromatic heterocycles. The van der Waals surface area contributed by atoms with Crippen LogP contribution in [0.5, 0.6) is 5.75 Å². The molecule has 2 rings (SSSR count). The van der Waals surface area contributed by atoms with Gasteiger partial charge in [0.05, 0.1) is 11.2 Å². The van der Waals surface area contributed by atoms with Crippen LogP contribution in [0.3, 0.4) is 0 Å². The number of rotatable bonds is 3. The fourth-order valence-corrected chi connectivity index (χ4v) is 2.32. The second-order valence-electron chi connectivity index (χ2n) is 4.52. The summed E-state index contributed by atoms with van der Waals surface area (Å²) in [5.41, 5.74) is 5.06. The Morgan fingerprint density at radius 2 is 1.91 bits per heavy atom. The number of phenolic OH excluding ortho intramolecular Hbond substituents is 1. The first-order valence-electron chi connectivity index (χ1n) is 6.30. The van der Waals surface area contributed by atoms with Gasteiger partial charge in [-0.1, -0.05) is 40.9 Å². The molecule has 0 amide bonds. The molecule has 7 heteroatoms. The van der Waals surface area contributed by atoms with Crippen molar-refractivity contribution in [1.29, 1.82) is 0 Å². The van der Waals surface area contributed by atoms with Crippen LogP contribution in [0.4, 0.5) is 5.69 Å². The average Bonchev–Trinajstić information content (AvgIpc) is 2.46. The molecular formula is C15H13Cl2N3OS. The lowest BCUT2D eigenvalue weighted by molar-refractivity contribution is 0.474. The lowest BCUT2D eigenvalue weighted by atomic mass is 10.2. The molecule has 0 heterocycles. The maximum Gasteiger partial charge on any atom is 0.191 e. The van der Waals surface area contributed by atoms with E-state index in [0.717, 1.165) is 11.3 Å². The highest BCUT2D eigenvalue weighted by atomic mass is 35.5. The van der Waals surface area contributed by atoms with Gasteiger partial charge >= 0.3 is 0 Å². The van der Waals surface area contributed by atoms with Gasteiger partial charge in [0.2, 0.25) is 0 Å². The molecule has 0 radical (unpaired) electrons. The second-order valence-corrected chi connectivity index (χ2v) is 5.77. The highest BCUT2D eigenvalue weighted by Crippen LogP contribution is 2.29. The summed E-state index contributed by atoms with van der Waals surface area (Å²) in [7, 11) is 0. The summed E-state index contributed by atoms with van der Waals surface area (Å²) in [6.07, 6.45) is 1.39. The molecule has 4 nitrogen and oxygen atoms in total. The fourth-order valence-electron chi connectivity index (χ4n) is 1.64. The van der Waals surface area contributed by atoms with E-state index in [0.29, 0.717) is 15.7 Å². The third-order valence-corrected chi connectivity index (χ3v) is 3.44. The molecule has 3 N–H and O–H groups in total. The third-order valence-electron chi connectivity index (χ3n) is 2.74. The topological polar surface area (TPSA) is 56.7 Å². The van der Waals surface area contributed by atoms with Crippen molar-refractivity contribution in [3.63, 3.8) is 0 Å². The van der Waals surface area contributed by atoms with E-state index in [1.165, 1.54) is 12.3 Å². The van der Waals surface area contributed by atoms with Crippen molar-refractivity contribution in [1.82, 2.24) is 5.43 Å². The molecule has 0 aliphatic heterocycles. The van der Waals surface area contributed by atoms with Crippen LogP contribution >= 0.6 is 35.4 Å². The average molecular weight is 354 g/mol. The SMILES string of the molecule is Cc1ccc(NC(=S)NN=Cc2cc(Cl)cc(Cl)c2O)cc1. The minimum absolute atomic E-state index is 0.0889. The Balaban J connectivity index is 1.97. The smallest absolute Gasteiger partial charge is 0.191 e. The van der Waals surface area contributed by atoms with Crippen molar-refractivity contribution in [2.45, 2.75) is 6.92 Å². The van der Waals surface area contributed by atoms with E-state index < -0.39 is 0 Å². The number of phenols is 1. The molecule has 0 atom stereocenters. The van der Waals surface area contributed by atoms with Gasteiger partial charge in [-0.15, -0.1) is 0 Å². The minimum Gasteiger partial charge on any atom is -0.506 e. The standard InChI is InChI=1S/C15H13Cl2N3OS/c1-9-2-4-12(5-3-9)19-15(22)20-18-8-10-6-11(16)7-13(17)14(10)21/h2-8,21H,1H3,(H2,19,20,22). The van der Waals surface area contributed by atoms with Gasteiger partial charge in [-0.3, -0.25) is 5.43 Å². The van der Waals surface area contributed by atoms with Crippen LogP contribution in [-0.4, -0.2) is 16.4 Å². The van der Waals surface area contributed by atoms with E-state index in [1.807, 2.05) is 31.2 Å². The molecule has 0 aliphatic rings. The Hall–Kier alpha value is -1.82. The molecule has 0 aliphatic carbocycles. The van der Waals surface area contributed by atoms with Gasteiger partial charge < -0.3 is 10.4 Å². The van der Waals surface area contributed by atoms with Crippen LogP contribution in [0.15, 0.2) is 41.5 Å². The molecule has 0 saturated heterocycles. The maximum atomic E-state index is 9.79. The van der Waals surface area contributed by atoms with E-state index in [1.54, 1.807) is 6.07 Å². The Labute approximate surface area is 143 Å². The van der Waals surface area contributed by atoms with E-state index in [4.69, 9.17) is 35.4 Å². The van der Waals surface area contributed by atoms with Crippen LogP contribution in [0.25, 0.3) is 0 Å². The molecule has 0 unspecified atom stereocenters. The van der Waals surface area contributed by atoms with E-state index in [9.17, 15) is 5.11 Å². The van der Waals surface area contributed by atoms with Gasteiger partial charge in [-0.25, -0.2) is 0 Å². The maximum absolute atomic E-state index is 9.79. The van der Waals surface area contributed by atoms with E-state index in [-0.39, 0.29) is 10.8 Å². The zero-order chi connectivity index (χ0) is 16.1. The number of hydrogen-bond donors (Lipinski definition) is 3. The number of aromatic hydroxyl groups is 1. The molecule has 2 aromatic carbocycles. The highest BCUT2D eigenvalue weighted by Gasteiger charge is 2.05. The largest absolute Gasteiger partial charge is 0.506 e. The van der Waals surface area contributed by atoms with Gasteiger partial charge in [0.15, 0.2) is 5.11 Å². The lowest BCUT2D eigenvalue weighted by Crippen LogP contribution is -2.23. The predicted octanol–water partition coefficient (Wildman–Crippen LogP) is 4.33. The molecule has 114 valence electrons. The van der Waals surface area contributed by atoms with E-state index in [2.05, 4.69) is 15.8 Å². The predicted molar refractivity (Wildman–Crippen MR) is 96.3 cm³/mol. The van der Waals surface area contributed by atoms with Crippen molar-refractivity contribution >= 4 is 52.4 Å². The molecule has 0 bridgehead atoms. The summed E-state index contributed by atoms with van der Waals surface area (Å²) in [4.78, 5) is 0. The van der Waals surface area contributed by atoms with Crippen LogP contribution in [0, 0.1) is 6.92 Å². The van der Waals surface area contributed by atoms with Gasteiger partial charge in [-0.2, -0.15) is 5.10 Å². The van der Waals surface area contributed by atoms with Crippen molar-refractivity contribution in [3.05, 3.63) is 57.6 Å². The Bertz CT molecular complexity index is 717. The van der Waals surface area contributed by atoms with Crippen LogP contribution < -0.4 is 10.7 Å². The first kappa shape index (κ1) is 16.5. The van der Waals surface area contributed by atoms with Crippen molar-refractivity contribution in [3.8, 4) is 5.75 Å². The number of thiocarbonyl (C=S) groups is 1. The number of halogens is 2. The summed E-state index contributed by atoms with van der Waals surface area (Å²) < 4.78 is 0. The number of aryl methyl sites for hydroxylation is 1. The number of benzene rings is 2. The van der Waals surface area contributed by atoms with Crippen molar-refractivity contribution in [2.24, 2.45) is 5.10 Å². The van der Waals surface area contributed by atoms with Crippen LogP contribution in [0.1, 0.15) is 11.1 Å². The van der Waals surface area contributed by atoms with Gasteiger partial charge in [-0.05, 0) is 43.4 Å². The summed E-state index contributed by atoms with van der Waals surface area (Å²) in [6, 6.07) is 10.8. The molecule has 0 fully saturated rings. The second kappa shape index (κ2) is 7.45. The van der Waals surface area contributed by atoms with E-state index >= 15 is 0 Å². The summed E-state index contributed by atoms with van der Waals surface area (Å²) in [5.74, 6) is -0.0889. The number of hydrazone groups is 1. The Kier molecular flexibility index (Phi) is 5.60.